The van der Waals surface area contributed by atoms with E-state index >= 15 is 0 Å². The van der Waals surface area contributed by atoms with Gasteiger partial charge in [-0.1, -0.05) is 24.3 Å². The maximum absolute atomic E-state index is 13.0. The summed E-state index contributed by atoms with van der Waals surface area (Å²) in [5, 5.41) is 2.94. The summed E-state index contributed by atoms with van der Waals surface area (Å²) in [7, 11) is -1.29. The van der Waals surface area contributed by atoms with Crippen LogP contribution in [0.15, 0.2) is 78.0 Å². The van der Waals surface area contributed by atoms with Crippen LogP contribution in [0.1, 0.15) is 31.2 Å². The molecule has 2 aromatic carbocycles. The molecule has 1 saturated carbocycles. The molecular formula is C25H26FN3O2S. The van der Waals surface area contributed by atoms with E-state index in [0.29, 0.717) is 6.54 Å². The predicted octanol–water partition coefficient (Wildman–Crippen LogP) is 4.38. The Morgan fingerprint density at radius 2 is 1.53 bits per heavy atom. The number of amides is 1. The maximum atomic E-state index is 13.0. The van der Waals surface area contributed by atoms with Gasteiger partial charge in [0, 0.05) is 30.9 Å². The van der Waals surface area contributed by atoms with Crippen LogP contribution < -0.4 is 10.0 Å². The highest BCUT2D eigenvalue weighted by atomic mass is 32.2. The fourth-order valence-electron chi connectivity index (χ4n) is 3.94. The molecule has 0 aliphatic heterocycles. The number of carbonyl (C=O) groups is 1. The van der Waals surface area contributed by atoms with Crippen molar-refractivity contribution in [2.24, 2.45) is 5.92 Å². The van der Waals surface area contributed by atoms with E-state index in [0.717, 1.165) is 47.3 Å². The number of hydrogen-bond acceptors (Lipinski definition) is 3. The highest BCUT2D eigenvalue weighted by Gasteiger charge is 2.27. The van der Waals surface area contributed by atoms with Gasteiger partial charge in [-0.25, -0.2) is 13.3 Å². The maximum Gasteiger partial charge on any atom is 0.223 e. The molecule has 0 radical (unpaired) electrons. The molecule has 7 heteroatoms. The molecule has 5 nitrogen and oxygen atoms in total. The van der Waals surface area contributed by atoms with Crippen molar-refractivity contribution in [3.05, 3.63) is 84.4 Å². The van der Waals surface area contributed by atoms with Crippen molar-refractivity contribution in [3.63, 3.8) is 0 Å². The van der Waals surface area contributed by atoms with Crippen LogP contribution in [-0.4, -0.2) is 21.1 Å². The molecule has 1 atom stereocenters. The van der Waals surface area contributed by atoms with Crippen LogP contribution in [-0.2, 0) is 22.3 Å². The summed E-state index contributed by atoms with van der Waals surface area (Å²) in [5.41, 5.74) is 3.00. The number of pyridine rings is 1. The molecule has 1 aromatic heterocycles. The highest BCUT2D eigenvalue weighted by Crippen LogP contribution is 2.26. The highest BCUT2D eigenvalue weighted by molar-refractivity contribution is 7.83. The largest absolute Gasteiger partial charge is 0.352 e. The number of nitrogens with one attached hydrogen (secondary N) is 2. The average Bonchev–Trinajstić information content (AvgIpc) is 2.84. The van der Waals surface area contributed by atoms with Gasteiger partial charge in [0.25, 0.3) is 0 Å². The molecular weight excluding hydrogens is 425 g/mol. The third-order valence-corrected chi connectivity index (χ3v) is 7.08. The lowest BCUT2D eigenvalue weighted by molar-refractivity contribution is -0.126. The van der Waals surface area contributed by atoms with E-state index in [1.807, 2.05) is 36.4 Å². The van der Waals surface area contributed by atoms with Crippen molar-refractivity contribution >= 4 is 16.9 Å². The Hall–Kier alpha value is -2.90. The van der Waals surface area contributed by atoms with Gasteiger partial charge in [-0.15, -0.1) is 0 Å². The molecule has 0 saturated heterocycles. The first-order valence-electron chi connectivity index (χ1n) is 10.8. The fourth-order valence-corrected chi connectivity index (χ4v) is 5.00. The smallest absolute Gasteiger partial charge is 0.223 e. The molecule has 1 fully saturated rings. The van der Waals surface area contributed by atoms with E-state index in [2.05, 4.69) is 15.0 Å². The van der Waals surface area contributed by atoms with Crippen LogP contribution in [0.4, 0.5) is 4.39 Å². The van der Waals surface area contributed by atoms with Gasteiger partial charge in [-0.2, -0.15) is 0 Å². The molecule has 1 unspecified atom stereocenters. The molecule has 166 valence electrons. The van der Waals surface area contributed by atoms with Crippen molar-refractivity contribution in [2.45, 2.75) is 43.2 Å². The minimum atomic E-state index is -1.29. The lowest BCUT2D eigenvalue weighted by atomic mass is 9.86. The summed E-state index contributed by atoms with van der Waals surface area (Å²) >= 11 is 0. The molecule has 1 heterocycles. The van der Waals surface area contributed by atoms with E-state index in [4.69, 9.17) is 0 Å². The van der Waals surface area contributed by atoms with Crippen molar-refractivity contribution in [1.29, 1.82) is 0 Å². The van der Waals surface area contributed by atoms with Crippen molar-refractivity contribution in [1.82, 2.24) is 15.0 Å². The van der Waals surface area contributed by atoms with Gasteiger partial charge in [0.1, 0.15) is 16.8 Å². The second-order valence-corrected chi connectivity index (χ2v) is 9.28. The Bertz CT molecular complexity index is 1050. The van der Waals surface area contributed by atoms with Gasteiger partial charge in [0.15, 0.2) is 0 Å². The van der Waals surface area contributed by atoms with Gasteiger partial charge >= 0.3 is 0 Å². The van der Waals surface area contributed by atoms with Crippen LogP contribution in [0.2, 0.25) is 0 Å². The van der Waals surface area contributed by atoms with Gasteiger partial charge in [-0.3, -0.25) is 9.78 Å². The van der Waals surface area contributed by atoms with Crippen LogP contribution in [0.5, 0.6) is 0 Å². The third-order valence-electron chi connectivity index (χ3n) is 5.83. The summed E-state index contributed by atoms with van der Waals surface area (Å²) in [4.78, 5) is 17.2. The summed E-state index contributed by atoms with van der Waals surface area (Å²) in [6.07, 6.45) is 6.62. The second-order valence-electron chi connectivity index (χ2n) is 8.04. The molecule has 0 bridgehead atoms. The first-order chi connectivity index (χ1) is 15.6. The van der Waals surface area contributed by atoms with E-state index in [-0.39, 0.29) is 23.7 Å². The lowest BCUT2D eigenvalue weighted by Crippen LogP contribution is -2.39. The summed E-state index contributed by atoms with van der Waals surface area (Å²) in [6.45, 7) is 0.400. The topological polar surface area (TPSA) is 71.1 Å². The van der Waals surface area contributed by atoms with E-state index in [1.165, 1.54) is 12.1 Å². The Balaban J connectivity index is 1.23. The zero-order valence-electron chi connectivity index (χ0n) is 17.7. The molecule has 2 N–H and O–H groups in total. The normalized spacial score (nSPS) is 19.3. The summed E-state index contributed by atoms with van der Waals surface area (Å²) in [5.74, 6) is -0.296. The molecule has 32 heavy (non-hydrogen) atoms. The standard InChI is InChI=1S/C25H26FN3O2S/c26-22-7-1-18(2-8-22)17-28-25(30)21-3-9-23(10-4-21)29-32(31)24-11-5-19(6-12-24)20-13-15-27-16-14-20/h1-2,5-8,11-16,21,23,29H,3-4,9-10,17H2,(H,28,30). The van der Waals surface area contributed by atoms with Gasteiger partial charge in [0.05, 0.1) is 4.90 Å². The SMILES string of the molecule is O=C(NCc1ccc(F)cc1)C1CCC(NS(=O)c2ccc(-c3ccncc3)cc2)CC1. The molecule has 1 aliphatic carbocycles. The monoisotopic (exact) mass is 451 g/mol. The number of halogens is 1. The third kappa shape index (κ3) is 5.87. The Labute approximate surface area is 190 Å². The van der Waals surface area contributed by atoms with Crippen molar-refractivity contribution < 1.29 is 13.4 Å². The molecule has 0 spiro atoms. The second kappa shape index (κ2) is 10.6. The Morgan fingerprint density at radius 3 is 2.19 bits per heavy atom. The number of carbonyl (C=O) groups excluding carboxylic acids is 1. The molecule has 3 aromatic rings. The summed E-state index contributed by atoms with van der Waals surface area (Å²) < 4.78 is 28.9. The quantitative estimate of drug-likeness (QED) is 0.560. The van der Waals surface area contributed by atoms with E-state index in [1.54, 1.807) is 24.5 Å². The first kappa shape index (κ1) is 22.3. The van der Waals surface area contributed by atoms with Gasteiger partial charge in [0.2, 0.25) is 5.91 Å². The zero-order chi connectivity index (χ0) is 22.3. The van der Waals surface area contributed by atoms with Crippen LogP contribution >= 0.6 is 0 Å². The van der Waals surface area contributed by atoms with Crippen molar-refractivity contribution in [2.75, 3.05) is 0 Å². The first-order valence-corrected chi connectivity index (χ1v) is 11.9. The Morgan fingerprint density at radius 1 is 0.906 bits per heavy atom. The van der Waals surface area contributed by atoms with Gasteiger partial charge < -0.3 is 5.32 Å². The zero-order valence-corrected chi connectivity index (χ0v) is 18.5. The Kier molecular flexibility index (Phi) is 7.39. The minimum absolute atomic E-state index is 0.0283. The molecule has 1 aliphatic rings. The molecule has 1 amide bonds. The lowest BCUT2D eigenvalue weighted by Gasteiger charge is -2.28. The van der Waals surface area contributed by atoms with E-state index in [9.17, 15) is 13.4 Å². The van der Waals surface area contributed by atoms with Crippen LogP contribution in [0.3, 0.4) is 0 Å². The van der Waals surface area contributed by atoms with E-state index < -0.39 is 11.0 Å². The predicted molar refractivity (Wildman–Crippen MR) is 123 cm³/mol. The number of hydrogen-bond donors (Lipinski definition) is 2. The number of benzene rings is 2. The van der Waals surface area contributed by atoms with Crippen LogP contribution in [0, 0.1) is 11.7 Å². The van der Waals surface area contributed by atoms with Gasteiger partial charge in [-0.05, 0) is 78.8 Å². The molecule has 4 rings (SSSR count). The van der Waals surface area contributed by atoms with Crippen LogP contribution in [0.25, 0.3) is 11.1 Å². The fraction of sp³-hybridized carbons (Fsp3) is 0.280. The number of aromatic nitrogens is 1. The average molecular weight is 452 g/mol. The number of rotatable bonds is 7. The minimum Gasteiger partial charge on any atom is -0.352 e. The van der Waals surface area contributed by atoms with Crippen molar-refractivity contribution in [3.8, 4) is 11.1 Å². The summed E-state index contributed by atoms with van der Waals surface area (Å²) in [6, 6.07) is 17.8. The number of nitrogens with zero attached hydrogens (tertiary/aromatic N) is 1.